The summed E-state index contributed by atoms with van der Waals surface area (Å²) in [7, 11) is 0. The van der Waals surface area contributed by atoms with Gasteiger partial charge >= 0.3 is 17.9 Å². The number of ether oxygens (including phenoxy) is 3. The molecule has 0 N–H and O–H groups in total. The van der Waals surface area contributed by atoms with Gasteiger partial charge in [0.2, 0.25) is 0 Å². The summed E-state index contributed by atoms with van der Waals surface area (Å²) in [5, 5.41) is 0. The Labute approximate surface area is 375 Å². The minimum absolute atomic E-state index is 0.124. The summed E-state index contributed by atoms with van der Waals surface area (Å²) in [6, 6.07) is 0. The highest BCUT2D eigenvalue weighted by molar-refractivity contribution is 5.71. The summed E-state index contributed by atoms with van der Waals surface area (Å²) >= 11 is 0. The van der Waals surface area contributed by atoms with Gasteiger partial charge in [0.25, 0.3) is 0 Å². The molecule has 0 aliphatic heterocycles. The zero-order valence-electron chi connectivity index (χ0n) is 39.4. The smallest absolute Gasteiger partial charge is 0.306 e. The van der Waals surface area contributed by atoms with Crippen LogP contribution in [0, 0.1) is 0 Å². The molecule has 0 saturated heterocycles. The number of carbonyl (C=O) groups is 3. The van der Waals surface area contributed by atoms with Crippen molar-refractivity contribution < 1.29 is 28.6 Å². The molecule has 0 bridgehead atoms. The Balaban J connectivity index is 4.53. The average molecular weight is 847 g/mol. The summed E-state index contributed by atoms with van der Waals surface area (Å²) < 4.78 is 16.7. The zero-order chi connectivity index (χ0) is 44.4. The summed E-state index contributed by atoms with van der Waals surface area (Å²) in [6.07, 6.45) is 64.0. The van der Waals surface area contributed by atoms with Crippen LogP contribution in [0.3, 0.4) is 0 Å². The van der Waals surface area contributed by atoms with Crippen LogP contribution in [0.15, 0.2) is 97.2 Å². The molecule has 0 radical (unpaired) electrons. The number of rotatable bonds is 43. The van der Waals surface area contributed by atoms with Crippen molar-refractivity contribution in [2.45, 2.75) is 219 Å². The third-order valence-electron chi connectivity index (χ3n) is 10.0. The van der Waals surface area contributed by atoms with E-state index in [2.05, 4.69) is 118 Å². The first-order valence-corrected chi connectivity index (χ1v) is 24.7. The van der Waals surface area contributed by atoms with E-state index in [1.807, 2.05) is 0 Å². The van der Waals surface area contributed by atoms with E-state index in [0.717, 1.165) is 70.6 Å². The standard InChI is InChI=1S/C55H90O6/c1-4-7-10-13-16-19-22-24-26-27-29-30-33-36-39-42-45-48-54(57)60-51-52(50-59-53(56)47-44-41-38-35-32-21-18-15-12-9-6-3)61-55(58)49-46-43-40-37-34-31-28-25-23-20-17-14-11-8-5-2/h9,12,16,18-21,23-24,26,29-30,35-36,38-39,52H,4-8,10-11,13-15,17,22,25,27-28,31-34,37,40-51H2,1-3H3/b12-9-,19-16-,21-18-,23-20-,26-24-,30-29-,38-35-,39-36-. The fraction of sp³-hybridized carbons (Fsp3) is 0.655. The van der Waals surface area contributed by atoms with Gasteiger partial charge in [-0.2, -0.15) is 0 Å². The van der Waals surface area contributed by atoms with E-state index in [9.17, 15) is 14.4 Å². The Hall–Kier alpha value is -3.67. The topological polar surface area (TPSA) is 78.9 Å². The van der Waals surface area contributed by atoms with E-state index in [-0.39, 0.29) is 44.0 Å². The van der Waals surface area contributed by atoms with Crippen molar-refractivity contribution in [1.29, 1.82) is 0 Å². The summed E-state index contributed by atoms with van der Waals surface area (Å²) in [5.41, 5.74) is 0. The Kier molecular flexibility index (Phi) is 46.0. The third kappa shape index (κ3) is 47.2. The summed E-state index contributed by atoms with van der Waals surface area (Å²) in [4.78, 5) is 37.8. The molecule has 0 heterocycles. The lowest BCUT2D eigenvalue weighted by Crippen LogP contribution is -2.30. The van der Waals surface area contributed by atoms with Crippen molar-refractivity contribution in [2.24, 2.45) is 0 Å². The number of hydrogen-bond acceptors (Lipinski definition) is 6. The number of unbranched alkanes of at least 4 members (excludes halogenated alkanes) is 16. The Morgan fingerprint density at radius 1 is 0.344 bits per heavy atom. The third-order valence-corrected chi connectivity index (χ3v) is 10.0. The van der Waals surface area contributed by atoms with Crippen LogP contribution in [0.25, 0.3) is 0 Å². The van der Waals surface area contributed by atoms with Crippen LogP contribution in [-0.4, -0.2) is 37.2 Å². The number of allylic oxidation sites excluding steroid dienone is 16. The molecule has 0 amide bonds. The molecule has 61 heavy (non-hydrogen) atoms. The SMILES string of the molecule is CC/C=C\C/C=C\C/C=C\CCCC(=O)OCC(COC(=O)CCC/C=C\C/C=C\C/C=C\C/C=C\CCCCC)OC(=O)CCCCCCCCC/C=C\CCCCCC. The monoisotopic (exact) mass is 847 g/mol. The first-order chi connectivity index (χ1) is 30.0. The molecule has 1 atom stereocenters. The van der Waals surface area contributed by atoms with Gasteiger partial charge in [-0.25, -0.2) is 0 Å². The van der Waals surface area contributed by atoms with Crippen LogP contribution < -0.4 is 0 Å². The maximum Gasteiger partial charge on any atom is 0.306 e. The predicted octanol–water partition coefficient (Wildman–Crippen LogP) is 16.2. The van der Waals surface area contributed by atoms with Gasteiger partial charge in [-0.15, -0.1) is 0 Å². The fourth-order valence-electron chi connectivity index (χ4n) is 6.33. The van der Waals surface area contributed by atoms with Crippen molar-refractivity contribution in [3.8, 4) is 0 Å². The molecule has 0 rings (SSSR count). The lowest BCUT2D eigenvalue weighted by atomic mass is 10.1. The normalized spacial score (nSPS) is 12.9. The van der Waals surface area contributed by atoms with Crippen LogP contribution >= 0.6 is 0 Å². The Morgan fingerprint density at radius 2 is 0.656 bits per heavy atom. The lowest BCUT2D eigenvalue weighted by molar-refractivity contribution is -0.167. The molecule has 0 saturated carbocycles. The van der Waals surface area contributed by atoms with Crippen LogP contribution in [0.2, 0.25) is 0 Å². The minimum Gasteiger partial charge on any atom is -0.462 e. The van der Waals surface area contributed by atoms with Gasteiger partial charge in [0.05, 0.1) is 0 Å². The van der Waals surface area contributed by atoms with E-state index in [4.69, 9.17) is 14.2 Å². The average Bonchev–Trinajstić information content (AvgIpc) is 3.26. The molecule has 6 nitrogen and oxygen atoms in total. The second-order valence-corrected chi connectivity index (χ2v) is 16.0. The van der Waals surface area contributed by atoms with Gasteiger partial charge in [-0.1, -0.05) is 182 Å². The van der Waals surface area contributed by atoms with Crippen LogP contribution in [0.4, 0.5) is 0 Å². The van der Waals surface area contributed by atoms with Gasteiger partial charge in [0.15, 0.2) is 6.10 Å². The number of esters is 3. The predicted molar refractivity (Wildman–Crippen MR) is 260 cm³/mol. The molecule has 1 unspecified atom stereocenters. The van der Waals surface area contributed by atoms with Crippen molar-refractivity contribution >= 4 is 17.9 Å². The summed E-state index contributed by atoms with van der Waals surface area (Å²) in [6.45, 7) is 6.36. The van der Waals surface area contributed by atoms with Crippen molar-refractivity contribution in [2.75, 3.05) is 13.2 Å². The largest absolute Gasteiger partial charge is 0.462 e. The van der Waals surface area contributed by atoms with Gasteiger partial charge in [0, 0.05) is 19.3 Å². The maximum absolute atomic E-state index is 12.8. The Bertz CT molecular complexity index is 1250. The molecule has 0 aromatic carbocycles. The Morgan fingerprint density at radius 3 is 1.10 bits per heavy atom. The highest BCUT2D eigenvalue weighted by Crippen LogP contribution is 2.13. The zero-order valence-corrected chi connectivity index (χ0v) is 39.4. The molecule has 0 aromatic rings. The molecular weight excluding hydrogens is 757 g/mol. The molecule has 6 heteroatoms. The molecule has 0 fully saturated rings. The van der Waals surface area contributed by atoms with Gasteiger partial charge in [-0.3, -0.25) is 14.4 Å². The highest BCUT2D eigenvalue weighted by atomic mass is 16.6. The van der Waals surface area contributed by atoms with Gasteiger partial charge in [0.1, 0.15) is 13.2 Å². The van der Waals surface area contributed by atoms with Gasteiger partial charge in [-0.05, 0) is 109 Å². The first kappa shape index (κ1) is 57.3. The van der Waals surface area contributed by atoms with Crippen molar-refractivity contribution in [3.05, 3.63) is 97.2 Å². The van der Waals surface area contributed by atoms with E-state index < -0.39 is 6.10 Å². The molecule has 0 spiro atoms. The quantitative estimate of drug-likeness (QED) is 0.0263. The first-order valence-electron chi connectivity index (χ1n) is 24.7. The maximum atomic E-state index is 12.8. The van der Waals surface area contributed by atoms with Crippen molar-refractivity contribution in [3.63, 3.8) is 0 Å². The molecular formula is C55H90O6. The van der Waals surface area contributed by atoms with E-state index in [0.29, 0.717) is 19.3 Å². The van der Waals surface area contributed by atoms with E-state index >= 15 is 0 Å². The van der Waals surface area contributed by atoms with E-state index in [1.54, 1.807) is 0 Å². The van der Waals surface area contributed by atoms with Gasteiger partial charge < -0.3 is 14.2 Å². The minimum atomic E-state index is -0.821. The number of hydrogen-bond donors (Lipinski definition) is 0. The summed E-state index contributed by atoms with van der Waals surface area (Å²) in [5.74, 6) is -1.04. The fourth-order valence-corrected chi connectivity index (χ4v) is 6.33. The van der Waals surface area contributed by atoms with E-state index in [1.165, 1.54) is 89.9 Å². The van der Waals surface area contributed by atoms with Crippen LogP contribution in [-0.2, 0) is 28.6 Å². The second-order valence-electron chi connectivity index (χ2n) is 16.0. The second kappa shape index (κ2) is 49.0. The lowest BCUT2D eigenvalue weighted by Gasteiger charge is -2.18. The van der Waals surface area contributed by atoms with Crippen LogP contribution in [0.5, 0.6) is 0 Å². The van der Waals surface area contributed by atoms with Crippen LogP contribution in [0.1, 0.15) is 213 Å². The molecule has 0 aliphatic carbocycles. The molecule has 0 aromatic heterocycles. The molecule has 346 valence electrons. The molecule has 0 aliphatic rings. The highest BCUT2D eigenvalue weighted by Gasteiger charge is 2.19. The number of carbonyl (C=O) groups excluding carboxylic acids is 3. The van der Waals surface area contributed by atoms with Crippen molar-refractivity contribution in [1.82, 2.24) is 0 Å².